The van der Waals surface area contributed by atoms with Gasteiger partial charge in [0.25, 0.3) is 0 Å². The van der Waals surface area contributed by atoms with E-state index in [0.717, 1.165) is 12.8 Å². The molecule has 23 heavy (non-hydrogen) atoms. The minimum absolute atomic E-state index is 0.127. The van der Waals surface area contributed by atoms with Crippen molar-refractivity contribution in [1.29, 1.82) is 0 Å². The van der Waals surface area contributed by atoms with E-state index in [4.69, 9.17) is 4.74 Å². The van der Waals surface area contributed by atoms with Crippen LogP contribution >= 0.6 is 0 Å². The highest BCUT2D eigenvalue weighted by atomic mass is 16.5. The Kier molecular flexibility index (Phi) is 3.91. The minimum Gasteiger partial charge on any atom is -0.481 e. The molecule has 0 radical (unpaired) electrons. The van der Waals surface area contributed by atoms with E-state index in [1.807, 2.05) is 6.92 Å². The first-order chi connectivity index (χ1) is 10.5. The Labute approximate surface area is 141 Å². The molecule has 3 rings (SSSR count). The fourth-order valence-corrected chi connectivity index (χ4v) is 6.74. The maximum Gasteiger partial charge on any atom is 0.306 e. The van der Waals surface area contributed by atoms with Gasteiger partial charge in [0.1, 0.15) is 0 Å². The van der Waals surface area contributed by atoms with Crippen LogP contribution in [0.5, 0.6) is 0 Å². The zero-order valence-electron chi connectivity index (χ0n) is 15.6. The maximum atomic E-state index is 11.3. The van der Waals surface area contributed by atoms with E-state index in [2.05, 4.69) is 27.7 Å². The molecule has 2 aliphatic carbocycles. The van der Waals surface area contributed by atoms with Crippen LogP contribution in [0.25, 0.3) is 0 Å². The molecule has 0 unspecified atom stereocenters. The van der Waals surface area contributed by atoms with Gasteiger partial charge in [0.2, 0.25) is 0 Å². The summed E-state index contributed by atoms with van der Waals surface area (Å²) < 4.78 is 6.79. The van der Waals surface area contributed by atoms with Crippen LogP contribution in [0.1, 0.15) is 86.0 Å². The Hall–Kier alpha value is -0.570. The lowest BCUT2D eigenvalue weighted by molar-refractivity contribution is -0.245. The van der Waals surface area contributed by atoms with Gasteiger partial charge in [-0.05, 0) is 62.7 Å². The summed E-state index contributed by atoms with van der Waals surface area (Å²) in [5.41, 5.74) is -0.0671. The molecule has 5 atom stereocenters. The summed E-state index contributed by atoms with van der Waals surface area (Å²) in [7, 11) is 0. The Morgan fingerprint density at radius 2 is 1.78 bits per heavy atom. The third-order valence-corrected chi connectivity index (χ3v) is 7.86. The van der Waals surface area contributed by atoms with Gasteiger partial charge < -0.3 is 9.84 Å². The zero-order valence-corrected chi connectivity index (χ0v) is 15.6. The summed E-state index contributed by atoms with van der Waals surface area (Å²) in [5, 5.41) is 9.29. The highest BCUT2D eigenvalue weighted by Gasteiger charge is 2.66. The number of carbonyl (C=O) groups is 1. The molecule has 2 saturated carbocycles. The van der Waals surface area contributed by atoms with Gasteiger partial charge in [-0.3, -0.25) is 4.79 Å². The molecule has 1 saturated heterocycles. The maximum absolute atomic E-state index is 11.3. The van der Waals surface area contributed by atoms with Gasteiger partial charge in [0.15, 0.2) is 0 Å². The van der Waals surface area contributed by atoms with Crippen LogP contribution in [0.3, 0.4) is 0 Å². The summed E-state index contributed by atoms with van der Waals surface area (Å²) in [6.07, 6.45) is 8.36. The van der Waals surface area contributed by atoms with Crippen LogP contribution in [0.15, 0.2) is 0 Å². The SMILES string of the molecule is C[C@H]1CC[C@@H]2C(C)(C)CCC[C@]2(C)[C@@]12CC[C@@](C)(CC(=O)O)O2. The molecule has 1 heterocycles. The molecule has 0 bridgehead atoms. The first-order valence-corrected chi connectivity index (χ1v) is 9.47. The van der Waals surface area contributed by atoms with Gasteiger partial charge in [-0.15, -0.1) is 0 Å². The summed E-state index contributed by atoms with van der Waals surface area (Å²) in [6, 6.07) is 0. The van der Waals surface area contributed by atoms with E-state index >= 15 is 0 Å². The van der Waals surface area contributed by atoms with Gasteiger partial charge in [-0.1, -0.05) is 34.1 Å². The molecule has 132 valence electrons. The number of fused-ring (bicyclic) bond motifs is 2. The first kappa shape index (κ1) is 17.3. The van der Waals surface area contributed by atoms with Crippen molar-refractivity contribution in [3.05, 3.63) is 0 Å². The molecule has 3 fully saturated rings. The molecule has 3 heteroatoms. The zero-order chi connectivity index (χ0) is 17.1. The van der Waals surface area contributed by atoms with Crippen LogP contribution in [-0.2, 0) is 9.53 Å². The van der Waals surface area contributed by atoms with E-state index < -0.39 is 11.6 Å². The fourth-order valence-electron chi connectivity index (χ4n) is 6.74. The highest BCUT2D eigenvalue weighted by Crippen LogP contribution is 2.67. The Morgan fingerprint density at radius 3 is 2.43 bits per heavy atom. The smallest absolute Gasteiger partial charge is 0.306 e. The minimum atomic E-state index is -0.737. The molecule has 0 amide bonds. The summed E-state index contributed by atoms with van der Waals surface area (Å²) >= 11 is 0. The fraction of sp³-hybridized carbons (Fsp3) is 0.950. The second-order valence-corrected chi connectivity index (χ2v) is 9.80. The quantitative estimate of drug-likeness (QED) is 0.775. The van der Waals surface area contributed by atoms with Crippen LogP contribution in [0.2, 0.25) is 0 Å². The third-order valence-electron chi connectivity index (χ3n) is 7.86. The Balaban J connectivity index is 1.98. The van der Waals surface area contributed by atoms with Crippen LogP contribution < -0.4 is 0 Å². The number of rotatable bonds is 2. The molecule has 0 aromatic carbocycles. The molecular formula is C20H34O3. The van der Waals surface area contributed by atoms with Gasteiger partial charge in [-0.2, -0.15) is 0 Å². The second-order valence-electron chi connectivity index (χ2n) is 9.80. The summed E-state index contributed by atoms with van der Waals surface area (Å²) in [5.74, 6) is 0.471. The van der Waals surface area contributed by atoms with Crippen molar-refractivity contribution in [2.24, 2.45) is 22.7 Å². The number of carboxylic acid groups (broad SMARTS) is 1. The monoisotopic (exact) mass is 322 g/mol. The molecule has 3 nitrogen and oxygen atoms in total. The van der Waals surface area contributed by atoms with Gasteiger partial charge in [0, 0.05) is 5.41 Å². The number of aliphatic carboxylic acids is 1. The topological polar surface area (TPSA) is 46.5 Å². The van der Waals surface area contributed by atoms with Gasteiger partial charge in [0.05, 0.1) is 17.6 Å². The normalized spacial score (nSPS) is 49.1. The van der Waals surface area contributed by atoms with Crippen molar-refractivity contribution in [3.8, 4) is 0 Å². The Bertz CT molecular complexity index is 499. The highest BCUT2D eigenvalue weighted by molar-refractivity contribution is 5.68. The molecular weight excluding hydrogens is 288 g/mol. The predicted molar refractivity (Wildman–Crippen MR) is 91.3 cm³/mol. The molecule has 1 spiro atoms. The molecule has 3 aliphatic rings. The van der Waals surface area contributed by atoms with Crippen molar-refractivity contribution in [2.75, 3.05) is 0 Å². The van der Waals surface area contributed by atoms with Crippen LogP contribution in [0.4, 0.5) is 0 Å². The van der Waals surface area contributed by atoms with Crippen molar-refractivity contribution < 1.29 is 14.6 Å². The average Bonchev–Trinajstić information content (AvgIpc) is 2.74. The Morgan fingerprint density at radius 1 is 1.09 bits per heavy atom. The molecule has 1 N–H and O–H groups in total. The number of hydrogen-bond donors (Lipinski definition) is 1. The van der Waals surface area contributed by atoms with E-state index in [0.29, 0.717) is 17.3 Å². The van der Waals surface area contributed by atoms with E-state index in [1.165, 1.54) is 32.1 Å². The first-order valence-electron chi connectivity index (χ1n) is 9.47. The summed E-state index contributed by atoms with van der Waals surface area (Å²) in [4.78, 5) is 11.3. The van der Waals surface area contributed by atoms with E-state index in [-0.39, 0.29) is 17.4 Å². The van der Waals surface area contributed by atoms with Gasteiger partial charge in [-0.25, -0.2) is 0 Å². The summed E-state index contributed by atoms with van der Waals surface area (Å²) in [6.45, 7) is 11.7. The van der Waals surface area contributed by atoms with Crippen molar-refractivity contribution >= 4 is 5.97 Å². The average molecular weight is 322 g/mol. The third kappa shape index (κ3) is 2.45. The lowest BCUT2D eigenvalue weighted by atomic mass is 9.44. The number of carboxylic acids is 1. The number of ether oxygens (including phenoxy) is 1. The van der Waals surface area contributed by atoms with Crippen LogP contribution in [0, 0.1) is 22.7 Å². The lowest BCUT2D eigenvalue weighted by Crippen LogP contribution is -2.62. The largest absolute Gasteiger partial charge is 0.481 e. The van der Waals surface area contributed by atoms with E-state index in [9.17, 15) is 9.90 Å². The van der Waals surface area contributed by atoms with Crippen molar-refractivity contribution in [1.82, 2.24) is 0 Å². The van der Waals surface area contributed by atoms with Crippen molar-refractivity contribution in [3.63, 3.8) is 0 Å². The predicted octanol–water partition coefficient (Wildman–Crippen LogP) is 5.03. The lowest BCUT2D eigenvalue weighted by Gasteiger charge is -2.64. The molecule has 0 aromatic heterocycles. The standard InChI is InChI=1S/C20H34O3/c1-14-7-8-15-17(2,3)9-6-10-19(15,5)20(14)12-11-18(4,23-20)13-16(21)22/h14-15H,6-13H2,1-5H3,(H,21,22)/t14-,15+,18-,19-,20+/m0/s1. The number of hydrogen-bond acceptors (Lipinski definition) is 2. The van der Waals surface area contributed by atoms with Crippen molar-refractivity contribution in [2.45, 2.75) is 97.2 Å². The van der Waals surface area contributed by atoms with Gasteiger partial charge >= 0.3 is 5.97 Å². The second kappa shape index (κ2) is 5.21. The van der Waals surface area contributed by atoms with E-state index in [1.54, 1.807) is 0 Å². The van der Waals surface area contributed by atoms with Crippen LogP contribution in [-0.4, -0.2) is 22.3 Å². The molecule has 1 aliphatic heterocycles. The molecule has 0 aromatic rings.